The van der Waals surface area contributed by atoms with Gasteiger partial charge in [-0.15, -0.1) is 0 Å². The lowest BCUT2D eigenvalue weighted by atomic mass is 10.2. The molecule has 0 bridgehead atoms. The van der Waals surface area contributed by atoms with Crippen molar-refractivity contribution in [3.63, 3.8) is 0 Å². The van der Waals surface area contributed by atoms with Gasteiger partial charge in [-0.25, -0.2) is 4.39 Å². The predicted molar refractivity (Wildman–Crippen MR) is 78.3 cm³/mol. The SMILES string of the molecule is Nc1ccc(F)cc1Nc1ccc(I)cc1Cl. The maximum Gasteiger partial charge on any atom is 0.125 e. The monoisotopic (exact) mass is 362 g/mol. The molecule has 0 unspecified atom stereocenters. The van der Waals surface area contributed by atoms with Crippen molar-refractivity contribution in [1.29, 1.82) is 0 Å². The number of hydrogen-bond acceptors (Lipinski definition) is 2. The summed E-state index contributed by atoms with van der Waals surface area (Å²) in [5, 5.41) is 3.58. The van der Waals surface area contributed by atoms with Crippen LogP contribution in [0.2, 0.25) is 5.02 Å². The van der Waals surface area contributed by atoms with Crippen molar-refractivity contribution in [3.05, 3.63) is 50.8 Å². The molecule has 0 radical (unpaired) electrons. The molecule has 0 saturated carbocycles. The summed E-state index contributed by atoms with van der Waals surface area (Å²) in [6.45, 7) is 0. The second-order valence-corrected chi connectivity index (χ2v) is 5.13. The molecule has 0 aromatic heterocycles. The molecular formula is C12H9ClFIN2. The van der Waals surface area contributed by atoms with E-state index in [0.717, 1.165) is 3.57 Å². The van der Waals surface area contributed by atoms with Crippen LogP contribution >= 0.6 is 34.2 Å². The van der Waals surface area contributed by atoms with Crippen molar-refractivity contribution in [1.82, 2.24) is 0 Å². The highest BCUT2D eigenvalue weighted by molar-refractivity contribution is 14.1. The number of nitrogen functional groups attached to an aromatic ring is 1. The largest absolute Gasteiger partial charge is 0.397 e. The van der Waals surface area contributed by atoms with Gasteiger partial charge in [0.05, 0.1) is 22.1 Å². The van der Waals surface area contributed by atoms with E-state index in [2.05, 4.69) is 27.9 Å². The van der Waals surface area contributed by atoms with Gasteiger partial charge in [0.2, 0.25) is 0 Å². The quantitative estimate of drug-likeness (QED) is 0.613. The summed E-state index contributed by atoms with van der Waals surface area (Å²) in [4.78, 5) is 0. The first kappa shape index (κ1) is 12.4. The Morgan fingerprint density at radius 1 is 1.12 bits per heavy atom. The fourth-order valence-corrected chi connectivity index (χ4v) is 2.28. The number of nitrogens with two attached hydrogens (primary N) is 1. The van der Waals surface area contributed by atoms with Gasteiger partial charge in [0.15, 0.2) is 0 Å². The van der Waals surface area contributed by atoms with Crippen LogP contribution in [0.15, 0.2) is 36.4 Å². The van der Waals surface area contributed by atoms with E-state index < -0.39 is 0 Å². The van der Waals surface area contributed by atoms with Crippen molar-refractivity contribution >= 4 is 51.3 Å². The van der Waals surface area contributed by atoms with Crippen LogP contribution in [-0.4, -0.2) is 0 Å². The molecule has 0 atom stereocenters. The molecule has 0 spiro atoms. The molecule has 2 aromatic rings. The summed E-state index contributed by atoms with van der Waals surface area (Å²) in [6, 6.07) is 9.72. The van der Waals surface area contributed by atoms with Crippen LogP contribution in [0, 0.1) is 9.39 Å². The van der Waals surface area contributed by atoms with Crippen molar-refractivity contribution in [2.45, 2.75) is 0 Å². The number of nitrogens with one attached hydrogen (secondary N) is 1. The smallest absolute Gasteiger partial charge is 0.125 e. The average molecular weight is 363 g/mol. The molecule has 0 fully saturated rings. The maximum atomic E-state index is 13.1. The molecule has 0 aliphatic heterocycles. The van der Waals surface area contributed by atoms with Gasteiger partial charge in [-0.05, 0) is 59.0 Å². The summed E-state index contributed by atoms with van der Waals surface area (Å²) in [7, 11) is 0. The van der Waals surface area contributed by atoms with Gasteiger partial charge in [-0.1, -0.05) is 11.6 Å². The maximum absolute atomic E-state index is 13.1. The Kier molecular flexibility index (Phi) is 3.73. The summed E-state index contributed by atoms with van der Waals surface area (Å²) < 4.78 is 14.1. The molecule has 2 rings (SSSR count). The minimum absolute atomic E-state index is 0.344. The molecule has 5 heteroatoms. The minimum Gasteiger partial charge on any atom is -0.397 e. The highest BCUT2D eigenvalue weighted by Gasteiger charge is 2.05. The van der Waals surface area contributed by atoms with Crippen molar-refractivity contribution in [3.8, 4) is 0 Å². The van der Waals surface area contributed by atoms with Crippen LogP contribution in [0.5, 0.6) is 0 Å². The number of anilines is 3. The van der Waals surface area contributed by atoms with Crippen molar-refractivity contribution in [2.24, 2.45) is 0 Å². The molecule has 0 heterocycles. The second kappa shape index (κ2) is 5.10. The van der Waals surface area contributed by atoms with E-state index in [-0.39, 0.29) is 5.82 Å². The van der Waals surface area contributed by atoms with E-state index in [1.807, 2.05) is 18.2 Å². The number of benzene rings is 2. The lowest BCUT2D eigenvalue weighted by molar-refractivity contribution is 0.628. The van der Waals surface area contributed by atoms with Crippen molar-refractivity contribution < 1.29 is 4.39 Å². The van der Waals surface area contributed by atoms with Gasteiger partial charge in [0, 0.05) is 3.57 Å². The third kappa shape index (κ3) is 3.01. The molecular weight excluding hydrogens is 354 g/mol. The van der Waals surface area contributed by atoms with Gasteiger partial charge in [-0.2, -0.15) is 0 Å². The summed E-state index contributed by atoms with van der Waals surface area (Å²) in [5.41, 5.74) is 7.42. The van der Waals surface area contributed by atoms with E-state index in [0.29, 0.717) is 22.1 Å². The lowest BCUT2D eigenvalue weighted by Crippen LogP contribution is -1.97. The zero-order chi connectivity index (χ0) is 12.4. The van der Waals surface area contributed by atoms with Crippen LogP contribution in [-0.2, 0) is 0 Å². The second-order valence-electron chi connectivity index (χ2n) is 3.48. The highest BCUT2D eigenvalue weighted by Crippen LogP contribution is 2.29. The fraction of sp³-hybridized carbons (Fsp3) is 0. The summed E-state index contributed by atoms with van der Waals surface area (Å²) in [5.74, 6) is -0.344. The summed E-state index contributed by atoms with van der Waals surface area (Å²) >= 11 is 8.24. The standard InChI is InChI=1S/C12H9ClFIN2/c13-9-6-8(15)2-4-11(9)17-12-5-7(14)1-3-10(12)16/h1-6,17H,16H2. The van der Waals surface area contributed by atoms with E-state index in [9.17, 15) is 4.39 Å². The van der Waals surface area contributed by atoms with E-state index in [4.69, 9.17) is 17.3 Å². The molecule has 0 saturated heterocycles. The highest BCUT2D eigenvalue weighted by atomic mass is 127. The number of halogens is 3. The third-order valence-corrected chi connectivity index (χ3v) is 3.20. The van der Waals surface area contributed by atoms with Gasteiger partial charge in [0.25, 0.3) is 0 Å². The van der Waals surface area contributed by atoms with Gasteiger partial charge < -0.3 is 11.1 Å². The van der Waals surface area contributed by atoms with Gasteiger partial charge in [-0.3, -0.25) is 0 Å². The van der Waals surface area contributed by atoms with E-state index in [1.54, 1.807) is 0 Å². The molecule has 17 heavy (non-hydrogen) atoms. The molecule has 2 nitrogen and oxygen atoms in total. The number of hydrogen-bond donors (Lipinski definition) is 2. The normalized spacial score (nSPS) is 10.3. The third-order valence-electron chi connectivity index (χ3n) is 2.22. The summed E-state index contributed by atoms with van der Waals surface area (Å²) in [6.07, 6.45) is 0. The average Bonchev–Trinajstić information content (AvgIpc) is 2.27. The van der Waals surface area contributed by atoms with Gasteiger partial charge in [0.1, 0.15) is 5.82 Å². The van der Waals surface area contributed by atoms with Gasteiger partial charge >= 0.3 is 0 Å². The zero-order valence-corrected chi connectivity index (χ0v) is 11.6. The Bertz CT molecular complexity index is 560. The van der Waals surface area contributed by atoms with Crippen molar-refractivity contribution in [2.75, 3.05) is 11.1 Å². The zero-order valence-electron chi connectivity index (χ0n) is 8.68. The fourth-order valence-electron chi connectivity index (χ4n) is 1.37. The van der Waals surface area contributed by atoms with Crippen LogP contribution in [0.3, 0.4) is 0 Å². The van der Waals surface area contributed by atoms with Crippen LogP contribution in [0.4, 0.5) is 21.5 Å². The molecule has 3 N–H and O–H groups in total. The molecule has 0 aliphatic carbocycles. The molecule has 2 aromatic carbocycles. The lowest BCUT2D eigenvalue weighted by Gasteiger charge is -2.11. The first-order chi connectivity index (χ1) is 8.06. The Morgan fingerprint density at radius 3 is 2.59 bits per heavy atom. The molecule has 0 aliphatic rings. The topological polar surface area (TPSA) is 38.0 Å². The Labute approximate surface area is 117 Å². The first-order valence-corrected chi connectivity index (χ1v) is 6.29. The van der Waals surface area contributed by atoms with Crippen LogP contribution < -0.4 is 11.1 Å². The Balaban J connectivity index is 2.34. The van der Waals surface area contributed by atoms with E-state index >= 15 is 0 Å². The van der Waals surface area contributed by atoms with Crippen LogP contribution in [0.25, 0.3) is 0 Å². The van der Waals surface area contributed by atoms with Crippen LogP contribution in [0.1, 0.15) is 0 Å². The predicted octanol–water partition coefficient (Wildman–Crippen LogP) is 4.41. The Morgan fingerprint density at radius 2 is 1.88 bits per heavy atom. The molecule has 88 valence electrons. The molecule has 0 amide bonds. The minimum atomic E-state index is -0.344. The number of rotatable bonds is 2. The Hall–Kier alpha value is -1.01. The van der Waals surface area contributed by atoms with E-state index in [1.165, 1.54) is 18.2 Å². The first-order valence-electron chi connectivity index (χ1n) is 4.83.